The lowest BCUT2D eigenvalue weighted by Crippen LogP contribution is -2.30. The van der Waals surface area contributed by atoms with Crippen LogP contribution in [0.3, 0.4) is 0 Å². The van der Waals surface area contributed by atoms with Gasteiger partial charge in [-0.3, -0.25) is 4.79 Å². The molecule has 19 heavy (non-hydrogen) atoms. The molecule has 0 aliphatic carbocycles. The van der Waals surface area contributed by atoms with E-state index in [0.717, 1.165) is 12.1 Å². The van der Waals surface area contributed by atoms with Gasteiger partial charge in [0.05, 0.1) is 10.2 Å². The van der Waals surface area contributed by atoms with Crippen LogP contribution in [0.2, 0.25) is 5.02 Å². The Kier molecular flexibility index (Phi) is 4.97. The highest BCUT2D eigenvalue weighted by Crippen LogP contribution is 2.38. The number of carbonyl (C=O) groups excluding carboxylic acids is 1. The van der Waals surface area contributed by atoms with Crippen LogP contribution in [0.5, 0.6) is 5.75 Å². The van der Waals surface area contributed by atoms with Crippen molar-refractivity contribution in [1.29, 1.82) is 0 Å². The van der Waals surface area contributed by atoms with Crippen LogP contribution >= 0.6 is 27.5 Å². The standard InChI is InChI=1S/C9H4BrClF5NO2/c10-4-1-3(11)2-5(6(4)19-8(12)13)17-7(18)9(14,15)16/h1-2,8H,(H,17,18). The molecule has 3 nitrogen and oxygen atoms in total. The zero-order valence-electron chi connectivity index (χ0n) is 8.69. The fourth-order valence-electron chi connectivity index (χ4n) is 1.06. The van der Waals surface area contributed by atoms with Crippen LogP contribution in [0.4, 0.5) is 27.6 Å². The topological polar surface area (TPSA) is 38.3 Å². The maximum atomic E-state index is 12.1. The molecule has 1 amide bonds. The molecule has 10 heteroatoms. The molecular formula is C9H4BrClF5NO2. The second-order valence-corrected chi connectivity index (χ2v) is 4.39. The summed E-state index contributed by atoms with van der Waals surface area (Å²) in [6.45, 7) is -3.28. The highest BCUT2D eigenvalue weighted by molar-refractivity contribution is 9.10. The maximum Gasteiger partial charge on any atom is 0.471 e. The van der Waals surface area contributed by atoms with Gasteiger partial charge in [-0.1, -0.05) is 11.6 Å². The van der Waals surface area contributed by atoms with E-state index in [2.05, 4.69) is 20.7 Å². The van der Waals surface area contributed by atoms with Gasteiger partial charge < -0.3 is 10.1 Å². The summed E-state index contributed by atoms with van der Waals surface area (Å²) in [7, 11) is 0. The lowest BCUT2D eigenvalue weighted by Gasteiger charge is -2.14. The third-order valence-electron chi connectivity index (χ3n) is 1.72. The fourth-order valence-corrected chi connectivity index (χ4v) is 1.96. The molecule has 0 atom stereocenters. The van der Waals surface area contributed by atoms with E-state index in [0.29, 0.717) is 0 Å². The monoisotopic (exact) mass is 367 g/mol. The van der Waals surface area contributed by atoms with E-state index < -0.39 is 30.1 Å². The highest BCUT2D eigenvalue weighted by atomic mass is 79.9. The van der Waals surface area contributed by atoms with Gasteiger partial charge in [-0.25, -0.2) is 0 Å². The van der Waals surface area contributed by atoms with Crippen molar-refractivity contribution in [3.8, 4) is 5.75 Å². The Morgan fingerprint density at radius 2 is 1.95 bits per heavy atom. The number of rotatable bonds is 3. The molecule has 0 radical (unpaired) electrons. The summed E-state index contributed by atoms with van der Waals surface area (Å²) in [5, 5.41) is 1.32. The molecule has 0 saturated carbocycles. The number of benzene rings is 1. The van der Waals surface area contributed by atoms with Gasteiger partial charge in [0.25, 0.3) is 0 Å². The van der Waals surface area contributed by atoms with Crippen molar-refractivity contribution in [3.05, 3.63) is 21.6 Å². The molecule has 0 unspecified atom stereocenters. The summed E-state index contributed by atoms with van der Waals surface area (Å²) in [5.41, 5.74) is -0.623. The lowest BCUT2D eigenvalue weighted by atomic mass is 10.3. The van der Waals surface area contributed by atoms with Crippen LogP contribution in [0, 0.1) is 0 Å². The number of halogens is 7. The molecule has 0 bridgehead atoms. The van der Waals surface area contributed by atoms with Crippen LogP contribution < -0.4 is 10.1 Å². The van der Waals surface area contributed by atoms with Gasteiger partial charge in [0.15, 0.2) is 5.75 Å². The molecule has 1 N–H and O–H groups in total. The van der Waals surface area contributed by atoms with Crippen molar-refractivity contribution >= 4 is 39.1 Å². The van der Waals surface area contributed by atoms with Gasteiger partial charge in [0, 0.05) is 5.02 Å². The lowest BCUT2D eigenvalue weighted by molar-refractivity contribution is -0.167. The second-order valence-electron chi connectivity index (χ2n) is 3.09. The summed E-state index contributed by atoms with van der Waals surface area (Å²) < 4.78 is 64.4. The predicted octanol–water partition coefficient (Wildman–Crippen LogP) is 4.20. The SMILES string of the molecule is O=C(Nc1cc(Cl)cc(Br)c1OC(F)F)C(F)(F)F. The Hall–Kier alpha value is -1.09. The van der Waals surface area contributed by atoms with E-state index in [9.17, 15) is 26.7 Å². The summed E-state index contributed by atoms with van der Waals surface area (Å²) in [6, 6.07) is 1.98. The first-order chi connectivity index (χ1) is 8.61. The summed E-state index contributed by atoms with van der Waals surface area (Å²) >= 11 is 8.34. The Bertz CT molecular complexity index is 494. The van der Waals surface area contributed by atoms with Crippen molar-refractivity contribution in [1.82, 2.24) is 0 Å². The average molecular weight is 368 g/mol. The van der Waals surface area contributed by atoms with E-state index in [-0.39, 0.29) is 9.50 Å². The smallest absolute Gasteiger partial charge is 0.431 e. The Morgan fingerprint density at radius 1 is 1.37 bits per heavy atom. The Balaban J connectivity index is 3.14. The van der Waals surface area contributed by atoms with Crippen molar-refractivity contribution < 1.29 is 31.5 Å². The normalized spacial score (nSPS) is 11.6. The molecule has 106 valence electrons. The minimum atomic E-state index is -5.17. The summed E-state index contributed by atoms with van der Waals surface area (Å²) in [6.07, 6.45) is -5.17. The number of hydrogen-bond acceptors (Lipinski definition) is 2. The molecule has 0 aliphatic heterocycles. The zero-order chi connectivity index (χ0) is 14.8. The molecule has 0 saturated heterocycles. The molecule has 0 aliphatic rings. The quantitative estimate of drug-likeness (QED) is 0.812. The van der Waals surface area contributed by atoms with Crippen LogP contribution in [0.25, 0.3) is 0 Å². The summed E-state index contributed by atoms with van der Waals surface area (Å²) in [5.74, 6) is -2.99. The molecular weight excluding hydrogens is 364 g/mol. The van der Waals surface area contributed by atoms with Crippen LogP contribution in [0.1, 0.15) is 0 Å². The molecule has 1 rings (SSSR count). The molecule has 1 aromatic carbocycles. The zero-order valence-corrected chi connectivity index (χ0v) is 11.0. The molecule has 0 spiro atoms. The van der Waals surface area contributed by atoms with E-state index in [4.69, 9.17) is 11.6 Å². The Morgan fingerprint density at radius 3 is 2.42 bits per heavy atom. The van der Waals surface area contributed by atoms with Crippen LogP contribution in [-0.4, -0.2) is 18.7 Å². The van der Waals surface area contributed by atoms with Crippen molar-refractivity contribution in [3.63, 3.8) is 0 Å². The van der Waals surface area contributed by atoms with Crippen molar-refractivity contribution in [2.24, 2.45) is 0 Å². The number of anilines is 1. The van der Waals surface area contributed by atoms with Gasteiger partial charge in [0.1, 0.15) is 0 Å². The number of nitrogens with one attached hydrogen (secondary N) is 1. The fraction of sp³-hybridized carbons (Fsp3) is 0.222. The summed E-state index contributed by atoms with van der Waals surface area (Å²) in [4.78, 5) is 10.8. The first-order valence-electron chi connectivity index (χ1n) is 4.43. The van der Waals surface area contributed by atoms with Crippen molar-refractivity contribution in [2.75, 3.05) is 5.32 Å². The number of hydrogen-bond donors (Lipinski definition) is 1. The van der Waals surface area contributed by atoms with E-state index >= 15 is 0 Å². The average Bonchev–Trinajstić information content (AvgIpc) is 2.21. The van der Waals surface area contributed by atoms with Gasteiger partial charge in [-0.15, -0.1) is 0 Å². The van der Waals surface area contributed by atoms with Crippen LogP contribution in [-0.2, 0) is 4.79 Å². The number of ether oxygens (including phenoxy) is 1. The number of amides is 1. The van der Waals surface area contributed by atoms with Gasteiger partial charge in [0.2, 0.25) is 0 Å². The number of carbonyl (C=O) groups is 1. The van der Waals surface area contributed by atoms with E-state index in [1.165, 1.54) is 5.32 Å². The molecule has 0 aromatic heterocycles. The maximum absolute atomic E-state index is 12.1. The van der Waals surface area contributed by atoms with Gasteiger partial charge >= 0.3 is 18.7 Å². The minimum absolute atomic E-state index is 0.0778. The van der Waals surface area contributed by atoms with E-state index in [1.807, 2.05) is 0 Å². The van der Waals surface area contributed by atoms with Crippen molar-refractivity contribution in [2.45, 2.75) is 12.8 Å². The predicted molar refractivity (Wildman–Crippen MR) is 60.5 cm³/mol. The first kappa shape index (κ1) is 16.0. The third-order valence-corrected chi connectivity index (χ3v) is 2.53. The molecule has 0 heterocycles. The highest BCUT2D eigenvalue weighted by Gasteiger charge is 2.39. The largest absolute Gasteiger partial charge is 0.471 e. The van der Waals surface area contributed by atoms with Crippen LogP contribution in [0.15, 0.2) is 16.6 Å². The van der Waals surface area contributed by atoms with Gasteiger partial charge in [-0.05, 0) is 28.1 Å². The Labute approximate surface area is 116 Å². The number of alkyl halides is 5. The van der Waals surface area contributed by atoms with Gasteiger partial charge in [-0.2, -0.15) is 22.0 Å². The van der Waals surface area contributed by atoms with E-state index in [1.54, 1.807) is 0 Å². The molecule has 1 aromatic rings. The minimum Gasteiger partial charge on any atom is -0.431 e. The molecule has 0 fully saturated rings. The second kappa shape index (κ2) is 5.91. The first-order valence-corrected chi connectivity index (χ1v) is 5.60. The third kappa shape index (κ3) is 4.50.